The predicted octanol–water partition coefficient (Wildman–Crippen LogP) is 0.0488. The Bertz CT molecular complexity index is 319. The van der Waals surface area contributed by atoms with Gasteiger partial charge in [-0.15, -0.1) is 0 Å². The van der Waals surface area contributed by atoms with Gasteiger partial charge in [-0.3, -0.25) is 4.79 Å². The normalized spacial score (nSPS) is 15.3. The standard InChI is InChI=1S/C11H21N3O4/c1-4-6(2)9(10(16)17)14-11(18)13-7(3)5-8(12)15/h6-7,9H,4-5H2,1-3H3,(H2,12,15)(H,16,17)(H2,13,14,18)/t6?,7?,9-/m0/s1. The fourth-order valence-electron chi connectivity index (χ4n) is 1.44. The molecule has 0 fully saturated rings. The number of nitrogens with one attached hydrogen (secondary N) is 2. The lowest BCUT2D eigenvalue weighted by Gasteiger charge is -2.21. The summed E-state index contributed by atoms with van der Waals surface area (Å²) in [5.41, 5.74) is 4.98. The van der Waals surface area contributed by atoms with Gasteiger partial charge in [0.2, 0.25) is 5.91 Å². The lowest BCUT2D eigenvalue weighted by molar-refractivity contribution is -0.140. The molecule has 3 amide bonds. The largest absolute Gasteiger partial charge is 0.480 e. The maximum atomic E-state index is 11.5. The summed E-state index contributed by atoms with van der Waals surface area (Å²) in [4.78, 5) is 33.1. The summed E-state index contributed by atoms with van der Waals surface area (Å²) in [5.74, 6) is -1.79. The van der Waals surface area contributed by atoms with Gasteiger partial charge in [0.15, 0.2) is 0 Å². The van der Waals surface area contributed by atoms with Crippen molar-refractivity contribution < 1.29 is 19.5 Å². The second-order valence-electron chi connectivity index (χ2n) is 4.39. The summed E-state index contributed by atoms with van der Waals surface area (Å²) >= 11 is 0. The molecule has 0 saturated carbocycles. The quantitative estimate of drug-likeness (QED) is 0.516. The van der Waals surface area contributed by atoms with Crippen LogP contribution in [-0.2, 0) is 9.59 Å². The van der Waals surface area contributed by atoms with Crippen molar-refractivity contribution in [3.05, 3.63) is 0 Å². The van der Waals surface area contributed by atoms with E-state index in [2.05, 4.69) is 10.6 Å². The molecule has 0 aromatic rings. The van der Waals surface area contributed by atoms with Gasteiger partial charge in [-0.25, -0.2) is 9.59 Å². The molecule has 0 spiro atoms. The molecule has 0 bridgehead atoms. The number of carboxylic acid groups (broad SMARTS) is 1. The van der Waals surface area contributed by atoms with E-state index in [1.807, 2.05) is 6.92 Å². The zero-order valence-electron chi connectivity index (χ0n) is 10.9. The van der Waals surface area contributed by atoms with Gasteiger partial charge < -0.3 is 21.5 Å². The number of hydrogen-bond acceptors (Lipinski definition) is 3. The molecular formula is C11H21N3O4. The Balaban J connectivity index is 4.34. The minimum Gasteiger partial charge on any atom is -0.480 e. The second kappa shape index (κ2) is 7.52. The van der Waals surface area contributed by atoms with E-state index in [0.29, 0.717) is 6.42 Å². The monoisotopic (exact) mass is 259 g/mol. The van der Waals surface area contributed by atoms with Crippen molar-refractivity contribution in [1.82, 2.24) is 10.6 Å². The van der Waals surface area contributed by atoms with Crippen LogP contribution in [0.2, 0.25) is 0 Å². The zero-order chi connectivity index (χ0) is 14.3. The third kappa shape index (κ3) is 6.07. The molecule has 0 heterocycles. The van der Waals surface area contributed by atoms with Crippen LogP contribution in [0.5, 0.6) is 0 Å². The van der Waals surface area contributed by atoms with E-state index in [-0.39, 0.29) is 12.3 Å². The molecule has 18 heavy (non-hydrogen) atoms. The van der Waals surface area contributed by atoms with Crippen molar-refractivity contribution in [3.8, 4) is 0 Å². The zero-order valence-corrected chi connectivity index (χ0v) is 10.9. The molecule has 104 valence electrons. The molecule has 2 unspecified atom stereocenters. The highest BCUT2D eigenvalue weighted by Crippen LogP contribution is 2.07. The lowest BCUT2D eigenvalue weighted by Crippen LogP contribution is -2.51. The van der Waals surface area contributed by atoms with Crippen LogP contribution < -0.4 is 16.4 Å². The Hall–Kier alpha value is -1.79. The summed E-state index contributed by atoms with van der Waals surface area (Å²) in [5, 5.41) is 13.8. The van der Waals surface area contributed by atoms with E-state index in [1.54, 1.807) is 13.8 Å². The molecule has 0 aromatic carbocycles. The average molecular weight is 259 g/mol. The highest BCUT2D eigenvalue weighted by Gasteiger charge is 2.25. The second-order valence-corrected chi connectivity index (χ2v) is 4.39. The lowest BCUT2D eigenvalue weighted by atomic mass is 9.99. The molecule has 0 saturated heterocycles. The predicted molar refractivity (Wildman–Crippen MR) is 65.8 cm³/mol. The van der Waals surface area contributed by atoms with Gasteiger partial charge in [0.1, 0.15) is 6.04 Å². The van der Waals surface area contributed by atoms with Crippen LogP contribution >= 0.6 is 0 Å². The highest BCUT2D eigenvalue weighted by molar-refractivity contribution is 5.83. The molecule has 7 heteroatoms. The molecule has 0 aromatic heterocycles. The van der Waals surface area contributed by atoms with Crippen molar-refractivity contribution in [3.63, 3.8) is 0 Å². The fourth-order valence-corrected chi connectivity index (χ4v) is 1.44. The number of primary amides is 1. The molecule has 0 aliphatic heterocycles. The van der Waals surface area contributed by atoms with E-state index < -0.39 is 30.0 Å². The van der Waals surface area contributed by atoms with Crippen molar-refractivity contribution >= 4 is 17.9 Å². The molecule has 7 nitrogen and oxygen atoms in total. The molecule has 0 aliphatic carbocycles. The van der Waals surface area contributed by atoms with E-state index in [1.165, 1.54) is 0 Å². The number of rotatable bonds is 7. The molecule has 5 N–H and O–H groups in total. The summed E-state index contributed by atoms with van der Waals surface area (Å²) < 4.78 is 0. The van der Waals surface area contributed by atoms with Crippen LogP contribution in [0.15, 0.2) is 0 Å². The number of amides is 3. The number of nitrogens with two attached hydrogens (primary N) is 1. The minimum absolute atomic E-state index is 0.00842. The van der Waals surface area contributed by atoms with Gasteiger partial charge in [0, 0.05) is 12.5 Å². The summed E-state index contributed by atoms with van der Waals surface area (Å²) in [6.07, 6.45) is 0.641. The summed E-state index contributed by atoms with van der Waals surface area (Å²) in [6.45, 7) is 5.20. The number of carbonyl (C=O) groups excluding carboxylic acids is 2. The Labute approximate surface area is 106 Å². The van der Waals surface area contributed by atoms with Crippen LogP contribution in [0.3, 0.4) is 0 Å². The topological polar surface area (TPSA) is 122 Å². The van der Waals surface area contributed by atoms with Gasteiger partial charge >= 0.3 is 12.0 Å². The number of carbonyl (C=O) groups is 3. The van der Waals surface area contributed by atoms with Crippen molar-refractivity contribution in [1.29, 1.82) is 0 Å². The molecule has 0 radical (unpaired) electrons. The van der Waals surface area contributed by atoms with Crippen LogP contribution in [0.1, 0.15) is 33.6 Å². The number of aliphatic carboxylic acids is 1. The molecule has 0 rings (SSSR count). The number of urea groups is 1. The first-order chi connectivity index (χ1) is 8.27. The Morgan fingerprint density at radius 3 is 2.17 bits per heavy atom. The highest BCUT2D eigenvalue weighted by atomic mass is 16.4. The Morgan fingerprint density at radius 2 is 1.78 bits per heavy atom. The van der Waals surface area contributed by atoms with Crippen LogP contribution in [0.25, 0.3) is 0 Å². The van der Waals surface area contributed by atoms with Gasteiger partial charge in [0.25, 0.3) is 0 Å². The van der Waals surface area contributed by atoms with Gasteiger partial charge in [0.05, 0.1) is 0 Å². The fraction of sp³-hybridized carbons (Fsp3) is 0.727. The van der Waals surface area contributed by atoms with Crippen molar-refractivity contribution in [2.75, 3.05) is 0 Å². The smallest absolute Gasteiger partial charge is 0.326 e. The third-order valence-corrected chi connectivity index (χ3v) is 2.65. The van der Waals surface area contributed by atoms with Crippen LogP contribution in [0.4, 0.5) is 4.79 Å². The van der Waals surface area contributed by atoms with Crippen LogP contribution in [-0.4, -0.2) is 35.1 Å². The number of hydrogen-bond donors (Lipinski definition) is 4. The molecule has 0 aliphatic rings. The maximum Gasteiger partial charge on any atom is 0.326 e. The Morgan fingerprint density at radius 1 is 1.22 bits per heavy atom. The van der Waals surface area contributed by atoms with E-state index in [4.69, 9.17) is 10.8 Å². The number of carboxylic acids is 1. The first-order valence-electron chi connectivity index (χ1n) is 5.86. The first kappa shape index (κ1) is 16.2. The van der Waals surface area contributed by atoms with Crippen molar-refractivity contribution in [2.45, 2.75) is 45.7 Å². The van der Waals surface area contributed by atoms with E-state index in [0.717, 1.165) is 0 Å². The van der Waals surface area contributed by atoms with E-state index in [9.17, 15) is 14.4 Å². The minimum atomic E-state index is -1.08. The van der Waals surface area contributed by atoms with Crippen molar-refractivity contribution in [2.24, 2.45) is 11.7 Å². The van der Waals surface area contributed by atoms with Gasteiger partial charge in [-0.05, 0) is 12.8 Å². The Kier molecular flexibility index (Phi) is 6.77. The first-order valence-corrected chi connectivity index (χ1v) is 5.86. The maximum absolute atomic E-state index is 11.5. The third-order valence-electron chi connectivity index (χ3n) is 2.65. The SMILES string of the molecule is CCC(C)[C@H](NC(=O)NC(C)CC(N)=O)C(=O)O. The molecule has 3 atom stereocenters. The van der Waals surface area contributed by atoms with E-state index >= 15 is 0 Å². The van der Waals surface area contributed by atoms with Gasteiger partial charge in [-0.2, -0.15) is 0 Å². The van der Waals surface area contributed by atoms with Crippen LogP contribution in [0, 0.1) is 5.92 Å². The molecular weight excluding hydrogens is 238 g/mol. The average Bonchev–Trinajstić information content (AvgIpc) is 2.23. The summed E-state index contributed by atoms with van der Waals surface area (Å²) in [6, 6.07) is -2.00. The van der Waals surface area contributed by atoms with Gasteiger partial charge in [-0.1, -0.05) is 20.3 Å². The summed E-state index contributed by atoms with van der Waals surface area (Å²) in [7, 11) is 0.